The molecule has 1 aromatic carbocycles. The first kappa shape index (κ1) is 13.8. The summed E-state index contributed by atoms with van der Waals surface area (Å²) in [6.07, 6.45) is 1.59. The smallest absolute Gasteiger partial charge is 0.332 e. The summed E-state index contributed by atoms with van der Waals surface area (Å²) in [4.78, 5) is 18.8. The minimum atomic E-state index is -0.291. The van der Waals surface area contributed by atoms with Gasteiger partial charge in [0.2, 0.25) is 0 Å². The molecule has 1 saturated heterocycles. The molecule has 0 saturated carbocycles. The Bertz CT molecular complexity index is 661. The molecular weight excluding hydrogens is 266 g/mol. The Balaban J connectivity index is 1.94. The lowest BCUT2D eigenvalue weighted by Crippen LogP contribution is -2.46. The van der Waals surface area contributed by atoms with E-state index in [0.29, 0.717) is 13.3 Å². The Hall–Kier alpha value is -2.14. The highest BCUT2D eigenvalue weighted by Gasteiger charge is 2.37. The van der Waals surface area contributed by atoms with Crippen molar-refractivity contribution in [1.82, 2.24) is 14.5 Å². The molecule has 1 aromatic heterocycles. The lowest BCUT2D eigenvalue weighted by atomic mass is 10.1. The fourth-order valence-electron chi connectivity index (χ4n) is 2.57. The van der Waals surface area contributed by atoms with Gasteiger partial charge < -0.3 is 4.74 Å². The highest BCUT2D eigenvalue weighted by Crippen LogP contribution is 2.25. The van der Waals surface area contributed by atoms with Gasteiger partial charge in [0, 0.05) is 5.56 Å². The van der Waals surface area contributed by atoms with Crippen LogP contribution in [0, 0.1) is 6.92 Å². The second kappa shape index (κ2) is 5.00. The van der Waals surface area contributed by atoms with Crippen molar-refractivity contribution in [3.63, 3.8) is 0 Å². The van der Waals surface area contributed by atoms with Crippen LogP contribution >= 0.6 is 0 Å². The molecule has 1 aliphatic rings. The number of imidazole rings is 1. The van der Waals surface area contributed by atoms with Crippen molar-refractivity contribution < 1.29 is 9.53 Å². The first-order valence-electron chi connectivity index (χ1n) is 7.00. The van der Waals surface area contributed by atoms with E-state index in [0.717, 1.165) is 17.0 Å². The molecule has 3 rings (SSSR count). The predicted molar refractivity (Wildman–Crippen MR) is 79.9 cm³/mol. The molecule has 110 valence electrons. The van der Waals surface area contributed by atoms with Crippen molar-refractivity contribution >= 4 is 6.03 Å². The summed E-state index contributed by atoms with van der Waals surface area (Å²) < 4.78 is 7.01. The summed E-state index contributed by atoms with van der Waals surface area (Å²) in [6.45, 7) is 6.80. The molecule has 5 nitrogen and oxygen atoms in total. The van der Waals surface area contributed by atoms with E-state index in [1.54, 1.807) is 15.8 Å². The molecule has 0 radical (unpaired) electrons. The van der Waals surface area contributed by atoms with Crippen LogP contribution in [0.2, 0.25) is 0 Å². The molecule has 2 aromatic rings. The monoisotopic (exact) mass is 285 g/mol. The Kier molecular flexibility index (Phi) is 3.29. The summed E-state index contributed by atoms with van der Waals surface area (Å²) in [6, 6.07) is 9.79. The summed E-state index contributed by atoms with van der Waals surface area (Å²) in [7, 11) is 0. The molecule has 1 fully saturated rings. The average molecular weight is 285 g/mol. The van der Waals surface area contributed by atoms with Crippen LogP contribution in [-0.2, 0) is 4.74 Å². The van der Waals surface area contributed by atoms with Crippen molar-refractivity contribution in [3.8, 4) is 11.3 Å². The van der Waals surface area contributed by atoms with Crippen molar-refractivity contribution in [2.75, 3.05) is 13.3 Å². The van der Waals surface area contributed by atoms with Gasteiger partial charge >= 0.3 is 6.03 Å². The molecule has 0 N–H and O–H groups in total. The second-order valence-electron chi connectivity index (χ2n) is 5.92. The third kappa shape index (κ3) is 2.34. The van der Waals surface area contributed by atoms with E-state index >= 15 is 0 Å². The molecule has 1 amide bonds. The topological polar surface area (TPSA) is 47.4 Å². The van der Waals surface area contributed by atoms with Crippen molar-refractivity contribution in [1.29, 1.82) is 0 Å². The minimum absolute atomic E-state index is 0.0929. The Morgan fingerprint density at radius 2 is 2.00 bits per heavy atom. The zero-order valence-electron chi connectivity index (χ0n) is 12.5. The lowest BCUT2D eigenvalue weighted by molar-refractivity contribution is 0.140. The summed E-state index contributed by atoms with van der Waals surface area (Å²) in [5.41, 5.74) is 2.40. The van der Waals surface area contributed by atoms with Gasteiger partial charge in [0.05, 0.1) is 23.5 Å². The van der Waals surface area contributed by atoms with Gasteiger partial charge in [-0.05, 0) is 20.8 Å². The number of carbonyl (C=O) groups excluding carboxylic acids is 1. The molecule has 0 aliphatic carbocycles. The van der Waals surface area contributed by atoms with E-state index in [2.05, 4.69) is 4.98 Å². The van der Waals surface area contributed by atoms with Gasteiger partial charge in [-0.15, -0.1) is 0 Å². The van der Waals surface area contributed by atoms with Crippen molar-refractivity contribution in [3.05, 3.63) is 42.4 Å². The second-order valence-corrected chi connectivity index (χ2v) is 5.92. The number of benzene rings is 1. The molecule has 21 heavy (non-hydrogen) atoms. The summed E-state index contributed by atoms with van der Waals surface area (Å²) >= 11 is 0. The number of amides is 1. The lowest BCUT2D eigenvalue weighted by Gasteiger charge is -2.29. The normalized spacial score (nSPS) is 17.2. The van der Waals surface area contributed by atoms with Crippen LogP contribution in [0.15, 0.2) is 36.7 Å². The number of rotatable bonds is 1. The predicted octanol–water partition coefficient (Wildman–Crippen LogP) is 2.89. The standard InChI is InChI=1S/C16H19N3O2/c1-12-14(13-7-5-4-6-8-13)17-10-18(12)15(20)19-11-21-9-16(19,2)3/h4-8,10H,9,11H2,1-3H3. The van der Waals surface area contributed by atoms with E-state index in [1.165, 1.54) is 0 Å². The van der Waals surface area contributed by atoms with Crippen LogP contribution in [0.4, 0.5) is 4.79 Å². The van der Waals surface area contributed by atoms with Crippen LogP contribution < -0.4 is 0 Å². The maximum absolute atomic E-state index is 12.7. The first-order valence-corrected chi connectivity index (χ1v) is 7.00. The van der Waals surface area contributed by atoms with Crippen LogP contribution in [0.3, 0.4) is 0 Å². The van der Waals surface area contributed by atoms with E-state index in [4.69, 9.17) is 4.74 Å². The van der Waals surface area contributed by atoms with Gasteiger partial charge in [0.25, 0.3) is 0 Å². The largest absolute Gasteiger partial charge is 0.359 e. The Labute approximate surface area is 124 Å². The maximum Gasteiger partial charge on any atom is 0.332 e. The van der Waals surface area contributed by atoms with Gasteiger partial charge in [0.1, 0.15) is 13.1 Å². The fourth-order valence-corrected chi connectivity index (χ4v) is 2.57. The Morgan fingerprint density at radius 3 is 2.62 bits per heavy atom. The van der Waals surface area contributed by atoms with E-state index in [9.17, 15) is 4.79 Å². The van der Waals surface area contributed by atoms with E-state index < -0.39 is 0 Å². The highest BCUT2D eigenvalue weighted by molar-refractivity contribution is 5.80. The van der Waals surface area contributed by atoms with Crippen LogP contribution in [0.1, 0.15) is 19.5 Å². The third-order valence-corrected chi connectivity index (χ3v) is 3.90. The number of nitrogens with zero attached hydrogens (tertiary/aromatic N) is 3. The zero-order chi connectivity index (χ0) is 15.0. The summed E-state index contributed by atoms with van der Waals surface area (Å²) in [5, 5.41) is 0. The quantitative estimate of drug-likeness (QED) is 0.809. The number of ether oxygens (including phenoxy) is 1. The minimum Gasteiger partial charge on any atom is -0.359 e. The van der Waals surface area contributed by atoms with Crippen molar-refractivity contribution in [2.24, 2.45) is 0 Å². The van der Waals surface area contributed by atoms with Gasteiger partial charge in [-0.3, -0.25) is 9.47 Å². The molecule has 0 spiro atoms. The molecule has 0 unspecified atom stereocenters. The molecule has 0 bridgehead atoms. The average Bonchev–Trinajstić information content (AvgIpc) is 3.01. The third-order valence-electron chi connectivity index (χ3n) is 3.90. The number of hydrogen-bond acceptors (Lipinski definition) is 3. The number of aromatic nitrogens is 2. The van der Waals surface area contributed by atoms with Gasteiger partial charge in [-0.1, -0.05) is 30.3 Å². The zero-order valence-corrected chi connectivity index (χ0v) is 12.5. The Morgan fingerprint density at radius 1 is 1.29 bits per heavy atom. The van der Waals surface area contributed by atoms with Crippen LogP contribution in [0.25, 0.3) is 11.3 Å². The van der Waals surface area contributed by atoms with Crippen molar-refractivity contribution in [2.45, 2.75) is 26.3 Å². The van der Waals surface area contributed by atoms with E-state index in [-0.39, 0.29) is 11.6 Å². The first-order chi connectivity index (χ1) is 10.0. The maximum atomic E-state index is 12.7. The van der Waals surface area contributed by atoms with Gasteiger partial charge in [-0.2, -0.15) is 0 Å². The molecule has 1 aliphatic heterocycles. The highest BCUT2D eigenvalue weighted by atomic mass is 16.5. The molecule has 2 heterocycles. The van der Waals surface area contributed by atoms with Gasteiger partial charge in [-0.25, -0.2) is 9.78 Å². The molecule has 0 atom stereocenters. The fraction of sp³-hybridized carbons (Fsp3) is 0.375. The molecular formula is C16H19N3O2. The number of hydrogen-bond donors (Lipinski definition) is 0. The van der Waals surface area contributed by atoms with Crippen LogP contribution in [-0.4, -0.2) is 39.4 Å². The number of carbonyl (C=O) groups is 1. The van der Waals surface area contributed by atoms with Crippen LogP contribution in [0.5, 0.6) is 0 Å². The van der Waals surface area contributed by atoms with Gasteiger partial charge in [0.15, 0.2) is 0 Å². The summed E-state index contributed by atoms with van der Waals surface area (Å²) in [5.74, 6) is 0. The SMILES string of the molecule is Cc1c(-c2ccccc2)ncn1C(=O)N1COCC1(C)C. The molecule has 5 heteroatoms. The van der Waals surface area contributed by atoms with E-state index in [1.807, 2.05) is 51.1 Å².